The Kier molecular flexibility index (Phi) is 4.79. The predicted molar refractivity (Wildman–Crippen MR) is 66.1 cm³/mol. The first-order chi connectivity index (χ1) is 7.50. The van der Waals surface area contributed by atoms with Crippen LogP contribution in [0, 0.1) is 5.92 Å². The Hall–Kier alpha value is -1.04. The van der Waals surface area contributed by atoms with E-state index in [-0.39, 0.29) is 6.09 Å². The van der Waals surface area contributed by atoms with E-state index in [1.54, 1.807) is 4.90 Å². The zero-order chi connectivity index (χ0) is 12.1. The van der Waals surface area contributed by atoms with Gasteiger partial charge in [-0.25, -0.2) is 4.79 Å². The third-order valence-corrected chi connectivity index (χ3v) is 2.65. The van der Waals surface area contributed by atoms with Crippen molar-refractivity contribution < 1.29 is 9.53 Å². The van der Waals surface area contributed by atoms with Crippen LogP contribution in [-0.2, 0) is 4.74 Å². The standard InChI is InChI=1S/C10H19N3O2S/c1-8(2)7-15-10(14)13-5-3-12(4-6-13)9(11)16/h8H,3-7H2,1-2H3,(H2,11,16). The zero-order valence-electron chi connectivity index (χ0n) is 9.81. The van der Waals surface area contributed by atoms with Crippen LogP contribution in [0.3, 0.4) is 0 Å². The summed E-state index contributed by atoms with van der Waals surface area (Å²) >= 11 is 4.87. The minimum absolute atomic E-state index is 0.240. The SMILES string of the molecule is CC(C)COC(=O)N1CCN(C(N)=S)CC1. The number of carbonyl (C=O) groups is 1. The van der Waals surface area contributed by atoms with E-state index in [2.05, 4.69) is 0 Å². The monoisotopic (exact) mass is 245 g/mol. The lowest BCUT2D eigenvalue weighted by Gasteiger charge is -2.34. The molecule has 1 saturated heterocycles. The highest BCUT2D eigenvalue weighted by Crippen LogP contribution is 2.04. The van der Waals surface area contributed by atoms with E-state index >= 15 is 0 Å². The van der Waals surface area contributed by atoms with Gasteiger partial charge >= 0.3 is 6.09 Å². The van der Waals surface area contributed by atoms with Gasteiger partial charge in [-0.15, -0.1) is 0 Å². The number of nitrogens with zero attached hydrogens (tertiary/aromatic N) is 2. The van der Waals surface area contributed by atoms with Crippen molar-refractivity contribution in [2.45, 2.75) is 13.8 Å². The highest BCUT2D eigenvalue weighted by molar-refractivity contribution is 7.80. The van der Waals surface area contributed by atoms with Crippen molar-refractivity contribution in [3.05, 3.63) is 0 Å². The molecule has 0 spiro atoms. The number of carbonyl (C=O) groups excluding carboxylic acids is 1. The summed E-state index contributed by atoms with van der Waals surface area (Å²) in [6.07, 6.45) is -0.240. The maximum Gasteiger partial charge on any atom is 0.409 e. The van der Waals surface area contributed by atoms with Gasteiger partial charge in [0.05, 0.1) is 6.61 Å². The second-order valence-corrected chi connectivity index (χ2v) is 4.70. The molecule has 0 aromatic rings. The molecule has 1 amide bonds. The molecule has 1 aliphatic rings. The van der Waals surface area contributed by atoms with E-state index in [1.165, 1.54) is 0 Å². The first-order valence-electron chi connectivity index (χ1n) is 5.46. The average Bonchev–Trinajstić information content (AvgIpc) is 2.26. The van der Waals surface area contributed by atoms with Crippen LogP contribution in [0.2, 0.25) is 0 Å². The van der Waals surface area contributed by atoms with E-state index in [1.807, 2.05) is 18.7 Å². The summed E-state index contributed by atoms with van der Waals surface area (Å²) in [5.41, 5.74) is 5.51. The van der Waals surface area contributed by atoms with Crippen molar-refractivity contribution in [1.29, 1.82) is 0 Å². The maximum absolute atomic E-state index is 11.6. The van der Waals surface area contributed by atoms with Crippen LogP contribution in [-0.4, -0.2) is 53.8 Å². The number of nitrogens with two attached hydrogens (primary N) is 1. The van der Waals surface area contributed by atoms with E-state index in [4.69, 9.17) is 22.7 Å². The third kappa shape index (κ3) is 3.84. The quantitative estimate of drug-likeness (QED) is 0.724. The summed E-state index contributed by atoms with van der Waals surface area (Å²) in [4.78, 5) is 15.2. The number of hydrogen-bond donors (Lipinski definition) is 1. The van der Waals surface area contributed by atoms with E-state index in [9.17, 15) is 4.79 Å². The van der Waals surface area contributed by atoms with Crippen LogP contribution in [0.4, 0.5) is 4.79 Å². The highest BCUT2D eigenvalue weighted by Gasteiger charge is 2.22. The first kappa shape index (κ1) is 13.0. The molecule has 1 heterocycles. The Morgan fingerprint density at radius 3 is 2.25 bits per heavy atom. The van der Waals surface area contributed by atoms with Crippen molar-refractivity contribution in [1.82, 2.24) is 9.80 Å². The Labute approximate surface area is 102 Å². The molecule has 0 aliphatic carbocycles. The Morgan fingerprint density at radius 1 is 1.31 bits per heavy atom. The Bertz CT molecular complexity index is 263. The molecule has 0 aromatic heterocycles. The molecule has 0 atom stereocenters. The molecule has 5 nitrogen and oxygen atoms in total. The number of hydrogen-bond acceptors (Lipinski definition) is 3. The lowest BCUT2D eigenvalue weighted by atomic mass is 10.2. The van der Waals surface area contributed by atoms with Gasteiger partial charge in [-0.3, -0.25) is 0 Å². The van der Waals surface area contributed by atoms with Gasteiger partial charge in [0.25, 0.3) is 0 Å². The predicted octanol–water partition coefficient (Wildman–Crippen LogP) is 0.640. The molecule has 0 unspecified atom stereocenters. The smallest absolute Gasteiger partial charge is 0.409 e. The van der Waals surface area contributed by atoms with Crippen LogP contribution < -0.4 is 5.73 Å². The second-order valence-electron chi connectivity index (χ2n) is 4.28. The molecule has 1 aliphatic heterocycles. The molecule has 6 heteroatoms. The van der Waals surface area contributed by atoms with Crippen LogP contribution in [0.1, 0.15) is 13.8 Å². The van der Waals surface area contributed by atoms with E-state index < -0.39 is 0 Å². The van der Waals surface area contributed by atoms with E-state index in [0.717, 1.165) is 0 Å². The van der Waals surface area contributed by atoms with Crippen molar-refractivity contribution in [3.63, 3.8) is 0 Å². The summed E-state index contributed by atoms with van der Waals surface area (Å²) < 4.78 is 5.14. The summed E-state index contributed by atoms with van der Waals surface area (Å²) in [5.74, 6) is 0.363. The number of piperazine rings is 1. The topological polar surface area (TPSA) is 58.8 Å². The lowest BCUT2D eigenvalue weighted by Crippen LogP contribution is -2.52. The fourth-order valence-electron chi connectivity index (χ4n) is 1.44. The minimum atomic E-state index is -0.240. The molecular weight excluding hydrogens is 226 g/mol. The first-order valence-corrected chi connectivity index (χ1v) is 5.87. The summed E-state index contributed by atoms with van der Waals surface area (Å²) in [7, 11) is 0. The molecule has 0 aromatic carbocycles. The van der Waals surface area contributed by atoms with Gasteiger partial charge in [-0.1, -0.05) is 13.8 Å². The molecule has 0 radical (unpaired) electrons. The van der Waals surface area contributed by atoms with Gasteiger partial charge in [0, 0.05) is 26.2 Å². The maximum atomic E-state index is 11.6. The number of rotatable bonds is 2. The number of amides is 1. The van der Waals surface area contributed by atoms with Crippen LogP contribution in [0.25, 0.3) is 0 Å². The van der Waals surface area contributed by atoms with Crippen molar-refractivity contribution in [2.75, 3.05) is 32.8 Å². The fourth-order valence-corrected chi connectivity index (χ4v) is 1.62. The second kappa shape index (κ2) is 5.89. The van der Waals surface area contributed by atoms with Crippen LogP contribution in [0.15, 0.2) is 0 Å². The van der Waals surface area contributed by atoms with Gasteiger partial charge in [-0.2, -0.15) is 0 Å². The molecule has 92 valence electrons. The molecule has 16 heavy (non-hydrogen) atoms. The van der Waals surface area contributed by atoms with E-state index in [0.29, 0.717) is 43.8 Å². The number of thiocarbonyl (C=S) groups is 1. The third-order valence-electron chi connectivity index (χ3n) is 2.39. The molecule has 0 saturated carbocycles. The number of ether oxygens (including phenoxy) is 1. The molecule has 1 fully saturated rings. The van der Waals surface area contributed by atoms with Gasteiger partial charge in [0.15, 0.2) is 5.11 Å². The van der Waals surface area contributed by atoms with Crippen LogP contribution >= 0.6 is 12.2 Å². The van der Waals surface area contributed by atoms with Crippen molar-refractivity contribution in [2.24, 2.45) is 11.7 Å². The van der Waals surface area contributed by atoms with Gasteiger partial charge in [0.1, 0.15) is 0 Å². The van der Waals surface area contributed by atoms with Gasteiger partial charge in [-0.05, 0) is 18.1 Å². The minimum Gasteiger partial charge on any atom is -0.449 e. The van der Waals surface area contributed by atoms with Crippen molar-refractivity contribution >= 4 is 23.4 Å². The summed E-state index contributed by atoms with van der Waals surface area (Å²) in [6, 6.07) is 0. The van der Waals surface area contributed by atoms with Crippen molar-refractivity contribution in [3.8, 4) is 0 Å². The zero-order valence-corrected chi connectivity index (χ0v) is 10.6. The fraction of sp³-hybridized carbons (Fsp3) is 0.800. The largest absolute Gasteiger partial charge is 0.449 e. The molecule has 2 N–H and O–H groups in total. The normalized spacial score (nSPS) is 16.4. The summed E-state index contributed by atoms with van der Waals surface area (Å²) in [6.45, 7) is 7.10. The Morgan fingerprint density at radius 2 is 1.81 bits per heavy atom. The average molecular weight is 245 g/mol. The van der Waals surface area contributed by atoms with Crippen LogP contribution in [0.5, 0.6) is 0 Å². The molecule has 1 rings (SSSR count). The highest BCUT2D eigenvalue weighted by atomic mass is 32.1. The van der Waals surface area contributed by atoms with Gasteiger partial charge < -0.3 is 20.3 Å². The molecule has 0 bridgehead atoms. The molecular formula is C10H19N3O2S. The Balaban J connectivity index is 2.30. The lowest BCUT2D eigenvalue weighted by molar-refractivity contribution is 0.0794. The summed E-state index contributed by atoms with van der Waals surface area (Å²) in [5, 5.41) is 0.398. The van der Waals surface area contributed by atoms with Gasteiger partial charge in [0.2, 0.25) is 0 Å².